The van der Waals surface area contributed by atoms with Gasteiger partial charge in [-0.05, 0) is 23.6 Å². The number of alkyl halides is 3. The van der Waals surface area contributed by atoms with Crippen LogP contribution in [0.15, 0.2) is 18.2 Å². The Bertz CT molecular complexity index is 524. The number of anilines is 1. The van der Waals surface area contributed by atoms with Crippen LogP contribution in [0.5, 0.6) is 0 Å². The summed E-state index contributed by atoms with van der Waals surface area (Å²) in [4.78, 5) is 11.8. The highest BCUT2D eigenvalue weighted by atomic mass is 35.5. The molecule has 0 saturated heterocycles. The van der Waals surface area contributed by atoms with E-state index in [1.54, 1.807) is 0 Å². The summed E-state index contributed by atoms with van der Waals surface area (Å²) in [5.74, 6) is -0.437. The Labute approximate surface area is 126 Å². The molecule has 0 bridgehead atoms. The number of carbonyl (C=O) groups excluding carboxylic acids is 1. The van der Waals surface area contributed by atoms with Crippen molar-refractivity contribution in [3.05, 3.63) is 28.8 Å². The molecule has 7 heteroatoms. The Kier molecular flexibility index (Phi) is 5.28. The predicted octanol–water partition coefficient (Wildman–Crippen LogP) is 4.06. The zero-order chi connectivity index (χ0) is 16.4. The molecule has 3 nitrogen and oxygen atoms in total. The largest absolute Gasteiger partial charge is 0.417 e. The molecule has 3 N–H and O–H groups in total. The molecule has 0 fully saturated rings. The fraction of sp³-hybridized carbons (Fsp3) is 0.500. The Morgan fingerprint density at radius 2 is 1.90 bits per heavy atom. The fourth-order valence-electron chi connectivity index (χ4n) is 1.54. The molecular formula is C14H18ClF3N2O. The van der Waals surface area contributed by atoms with Crippen molar-refractivity contribution in [3.63, 3.8) is 0 Å². The molecule has 118 valence electrons. The van der Waals surface area contributed by atoms with E-state index >= 15 is 0 Å². The van der Waals surface area contributed by atoms with Crippen LogP contribution in [0.3, 0.4) is 0 Å². The highest BCUT2D eigenvalue weighted by Crippen LogP contribution is 2.36. The standard InChI is InChI=1S/C14H18ClF3N2O/c1-13(2,3)11(19)7-12(21)20-8-4-5-10(15)9(6-8)14(16,17)18/h4-6,11H,7,19H2,1-3H3,(H,20,21). The Morgan fingerprint density at radius 3 is 2.38 bits per heavy atom. The summed E-state index contributed by atoms with van der Waals surface area (Å²) in [6.45, 7) is 5.65. The van der Waals surface area contributed by atoms with Crippen LogP contribution in [0.25, 0.3) is 0 Å². The predicted molar refractivity (Wildman–Crippen MR) is 77.1 cm³/mol. The SMILES string of the molecule is CC(C)(C)C(N)CC(=O)Nc1ccc(Cl)c(C(F)(F)F)c1. The molecule has 0 spiro atoms. The zero-order valence-corrected chi connectivity index (χ0v) is 12.8. The highest BCUT2D eigenvalue weighted by Gasteiger charge is 2.33. The van der Waals surface area contributed by atoms with Gasteiger partial charge in [0.1, 0.15) is 0 Å². The fourth-order valence-corrected chi connectivity index (χ4v) is 1.76. The number of carbonyl (C=O) groups is 1. The highest BCUT2D eigenvalue weighted by molar-refractivity contribution is 6.31. The van der Waals surface area contributed by atoms with Gasteiger partial charge >= 0.3 is 6.18 Å². The van der Waals surface area contributed by atoms with Crippen molar-refractivity contribution in [1.82, 2.24) is 0 Å². The first-order valence-corrected chi connectivity index (χ1v) is 6.71. The van der Waals surface area contributed by atoms with Gasteiger partial charge in [0.05, 0.1) is 10.6 Å². The van der Waals surface area contributed by atoms with Gasteiger partial charge in [0.25, 0.3) is 0 Å². The second kappa shape index (κ2) is 6.23. The third kappa shape index (κ3) is 5.21. The molecule has 0 saturated carbocycles. The summed E-state index contributed by atoms with van der Waals surface area (Å²) in [6, 6.07) is 2.83. The molecule has 1 aromatic carbocycles. The lowest BCUT2D eigenvalue weighted by Crippen LogP contribution is -2.38. The molecule has 0 heterocycles. The van der Waals surface area contributed by atoms with E-state index in [0.717, 1.165) is 12.1 Å². The maximum absolute atomic E-state index is 12.7. The number of hydrogen-bond acceptors (Lipinski definition) is 2. The molecule has 0 radical (unpaired) electrons. The van der Waals surface area contributed by atoms with Crippen LogP contribution >= 0.6 is 11.6 Å². The van der Waals surface area contributed by atoms with Crippen LogP contribution in [-0.2, 0) is 11.0 Å². The molecule has 21 heavy (non-hydrogen) atoms. The monoisotopic (exact) mass is 322 g/mol. The molecule has 1 unspecified atom stereocenters. The van der Waals surface area contributed by atoms with Crippen LogP contribution < -0.4 is 11.1 Å². The van der Waals surface area contributed by atoms with Gasteiger partial charge in [-0.15, -0.1) is 0 Å². The summed E-state index contributed by atoms with van der Waals surface area (Å²) in [7, 11) is 0. The number of halogens is 4. The van der Waals surface area contributed by atoms with Crippen molar-refractivity contribution in [2.24, 2.45) is 11.1 Å². The molecule has 1 atom stereocenters. The molecule has 0 aliphatic carbocycles. The first kappa shape index (κ1) is 17.8. The topological polar surface area (TPSA) is 55.1 Å². The lowest BCUT2D eigenvalue weighted by molar-refractivity contribution is -0.137. The van der Waals surface area contributed by atoms with E-state index in [9.17, 15) is 18.0 Å². The number of amides is 1. The maximum atomic E-state index is 12.7. The van der Waals surface area contributed by atoms with Gasteiger partial charge in [-0.3, -0.25) is 4.79 Å². The summed E-state index contributed by atoms with van der Waals surface area (Å²) in [5, 5.41) is 2.00. The second-order valence-electron chi connectivity index (χ2n) is 5.92. The number of benzene rings is 1. The van der Waals surface area contributed by atoms with Gasteiger partial charge in [0.15, 0.2) is 0 Å². The first-order valence-electron chi connectivity index (χ1n) is 6.33. The number of rotatable bonds is 3. The van der Waals surface area contributed by atoms with Crippen molar-refractivity contribution in [2.45, 2.75) is 39.4 Å². The third-order valence-electron chi connectivity index (χ3n) is 3.07. The average molecular weight is 323 g/mol. The first-order chi connectivity index (χ1) is 9.41. The van der Waals surface area contributed by atoms with Crippen molar-refractivity contribution >= 4 is 23.2 Å². The van der Waals surface area contributed by atoms with Gasteiger partial charge in [-0.1, -0.05) is 32.4 Å². The van der Waals surface area contributed by atoms with Crippen molar-refractivity contribution in [3.8, 4) is 0 Å². The van der Waals surface area contributed by atoms with Crippen LogP contribution in [0.1, 0.15) is 32.8 Å². The summed E-state index contributed by atoms with van der Waals surface area (Å²) in [5.41, 5.74) is 4.65. The van der Waals surface area contributed by atoms with E-state index in [0.29, 0.717) is 0 Å². The second-order valence-corrected chi connectivity index (χ2v) is 6.32. The van der Waals surface area contributed by atoms with Crippen molar-refractivity contribution < 1.29 is 18.0 Å². The van der Waals surface area contributed by atoms with E-state index in [4.69, 9.17) is 17.3 Å². The van der Waals surface area contributed by atoms with Crippen LogP contribution in [0.4, 0.5) is 18.9 Å². The molecular weight excluding hydrogens is 305 g/mol. The van der Waals surface area contributed by atoms with Gasteiger partial charge in [0, 0.05) is 18.2 Å². The van der Waals surface area contributed by atoms with E-state index in [-0.39, 0.29) is 17.5 Å². The molecule has 1 rings (SSSR count). The number of nitrogens with one attached hydrogen (secondary N) is 1. The maximum Gasteiger partial charge on any atom is 0.417 e. The van der Waals surface area contributed by atoms with Crippen molar-refractivity contribution in [1.29, 1.82) is 0 Å². The van der Waals surface area contributed by atoms with E-state index in [1.807, 2.05) is 20.8 Å². The van der Waals surface area contributed by atoms with Gasteiger partial charge < -0.3 is 11.1 Å². The summed E-state index contributed by atoms with van der Waals surface area (Å²) in [6.07, 6.45) is -4.55. The Hall–Kier alpha value is -1.27. The van der Waals surface area contributed by atoms with Gasteiger partial charge in [-0.2, -0.15) is 13.2 Å². The van der Waals surface area contributed by atoms with Crippen LogP contribution in [0, 0.1) is 5.41 Å². The zero-order valence-electron chi connectivity index (χ0n) is 12.0. The quantitative estimate of drug-likeness (QED) is 0.881. The van der Waals surface area contributed by atoms with E-state index in [2.05, 4.69) is 5.32 Å². The lowest BCUT2D eigenvalue weighted by atomic mass is 9.85. The van der Waals surface area contributed by atoms with E-state index < -0.39 is 28.7 Å². The average Bonchev–Trinajstić information content (AvgIpc) is 2.28. The number of nitrogens with two attached hydrogens (primary N) is 1. The van der Waals surface area contributed by atoms with E-state index in [1.165, 1.54) is 6.07 Å². The summed E-state index contributed by atoms with van der Waals surface area (Å²) >= 11 is 5.51. The minimum absolute atomic E-state index is 0.0213. The van der Waals surface area contributed by atoms with Gasteiger partial charge in [-0.25, -0.2) is 0 Å². The Morgan fingerprint density at radius 1 is 1.33 bits per heavy atom. The van der Waals surface area contributed by atoms with Crippen molar-refractivity contribution in [2.75, 3.05) is 5.32 Å². The van der Waals surface area contributed by atoms with Crippen LogP contribution in [-0.4, -0.2) is 11.9 Å². The molecule has 1 amide bonds. The molecule has 1 aromatic rings. The number of hydrogen-bond donors (Lipinski definition) is 2. The third-order valence-corrected chi connectivity index (χ3v) is 3.40. The van der Waals surface area contributed by atoms with Gasteiger partial charge in [0.2, 0.25) is 5.91 Å². The normalized spacial score (nSPS) is 13.9. The smallest absolute Gasteiger partial charge is 0.327 e. The lowest BCUT2D eigenvalue weighted by Gasteiger charge is -2.26. The van der Waals surface area contributed by atoms with Crippen LogP contribution in [0.2, 0.25) is 5.02 Å². The molecule has 0 aromatic heterocycles. The Balaban J connectivity index is 2.83. The minimum Gasteiger partial charge on any atom is -0.327 e. The summed E-state index contributed by atoms with van der Waals surface area (Å²) < 4.78 is 38.1. The minimum atomic E-state index is -4.57. The molecule has 0 aliphatic rings. The molecule has 0 aliphatic heterocycles.